The fourth-order valence-electron chi connectivity index (χ4n) is 8.30. The van der Waals surface area contributed by atoms with Crippen LogP contribution in [0.2, 0.25) is 0 Å². The molecule has 0 radical (unpaired) electrons. The number of carbonyl (C=O) groups excluding carboxylic acids is 14. The number of benzene rings is 1. The van der Waals surface area contributed by atoms with E-state index >= 15 is 0 Å². The van der Waals surface area contributed by atoms with Crippen LogP contribution in [0.4, 0.5) is 5.69 Å². The Morgan fingerprint density at radius 2 is 1.31 bits per heavy atom. The molecule has 3 N–H and O–H groups in total. The molecule has 26 heteroatoms. The zero-order valence-electron chi connectivity index (χ0n) is 44.2. The van der Waals surface area contributed by atoms with Gasteiger partial charge in [0.15, 0.2) is 38.8 Å². The van der Waals surface area contributed by atoms with Crippen LogP contribution in [-0.4, -0.2) is 187 Å². The number of rotatable bonds is 42. The number of anilines is 1. The van der Waals surface area contributed by atoms with Gasteiger partial charge in [0.25, 0.3) is 0 Å². The molecular formula is C52H68N4O19S3. The van der Waals surface area contributed by atoms with Crippen molar-refractivity contribution in [3.8, 4) is 0 Å². The van der Waals surface area contributed by atoms with E-state index in [9.17, 15) is 67.1 Å². The second-order valence-corrected chi connectivity index (χ2v) is 22.7. The molecule has 3 fully saturated rings. The molecule has 78 heavy (non-hydrogen) atoms. The Kier molecular flexibility index (Phi) is 27.3. The minimum Gasteiger partial charge on any atom is -0.379 e. The van der Waals surface area contributed by atoms with E-state index in [1.807, 2.05) is 0 Å². The SMILES string of the molecule is CC(=O)C1(C(=O)CCN2C(=O)CC(SCCC(=O)C[C@H](CNC(=O)COCC(=O)Nc3ccc(CCC(=O)C4CCC4=O)cc3)C(=O)NCCOCCOCCOCCOCCC(=O)C(C(C)=O)(C(C)=O)C(C)=O)C2=O)SS1. The fraction of sp³-hybridized carbons (Fsp3) is 0.615. The number of ether oxygens (including phenoxy) is 5. The van der Waals surface area contributed by atoms with Crippen molar-refractivity contribution in [1.29, 1.82) is 0 Å². The first kappa shape index (κ1) is 65.2. The highest BCUT2D eigenvalue weighted by atomic mass is 33.2. The van der Waals surface area contributed by atoms with Crippen molar-refractivity contribution in [2.75, 3.05) is 96.8 Å². The average Bonchev–Trinajstić information content (AvgIpc) is 4.19. The van der Waals surface area contributed by atoms with Crippen molar-refractivity contribution < 1.29 is 90.8 Å². The van der Waals surface area contributed by atoms with E-state index in [2.05, 4.69) is 16.0 Å². The lowest BCUT2D eigenvalue weighted by Crippen LogP contribution is -2.50. The van der Waals surface area contributed by atoms with E-state index in [4.69, 9.17) is 23.7 Å². The molecule has 0 bridgehead atoms. The molecule has 3 atom stereocenters. The van der Waals surface area contributed by atoms with Gasteiger partial charge in [-0.3, -0.25) is 72.0 Å². The van der Waals surface area contributed by atoms with Crippen LogP contribution in [0.25, 0.3) is 0 Å². The monoisotopic (exact) mass is 1150 g/mol. The third-order valence-electron chi connectivity index (χ3n) is 12.9. The molecule has 1 aromatic carbocycles. The van der Waals surface area contributed by atoms with Gasteiger partial charge < -0.3 is 39.6 Å². The summed E-state index contributed by atoms with van der Waals surface area (Å²) in [5.41, 5.74) is -0.998. The summed E-state index contributed by atoms with van der Waals surface area (Å²) in [6.45, 7) is 3.96. The van der Waals surface area contributed by atoms with Crippen molar-refractivity contribution in [1.82, 2.24) is 15.5 Å². The predicted octanol–water partition coefficient (Wildman–Crippen LogP) is 1.60. The number of hydrogen-bond donors (Lipinski definition) is 3. The smallest absolute Gasteiger partial charge is 0.250 e. The Morgan fingerprint density at radius 3 is 1.86 bits per heavy atom. The molecule has 428 valence electrons. The van der Waals surface area contributed by atoms with Crippen LogP contribution >= 0.6 is 33.3 Å². The van der Waals surface area contributed by atoms with Gasteiger partial charge in [-0.25, -0.2) is 0 Å². The van der Waals surface area contributed by atoms with Crippen LogP contribution in [-0.2, 0) is 97.2 Å². The summed E-state index contributed by atoms with van der Waals surface area (Å²) >= 11 is 1.10. The van der Waals surface area contributed by atoms with Crippen LogP contribution in [0, 0.1) is 17.3 Å². The summed E-state index contributed by atoms with van der Waals surface area (Å²) in [7, 11) is 2.29. The van der Waals surface area contributed by atoms with Crippen LogP contribution in [0.1, 0.15) is 84.6 Å². The second kappa shape index (κ2) is 32.7. The summed E-state index contributed by atoms with van der Waals surface area (Å²) in [5.74, 6) is -8.54. The highest BCUT2D eigenvalue weighted by Crippen LogP contribution is 2.66. The molecular weight excluding hydrogens is 1080 g/mol. The van der Waals surface area contributed by atoms with Gasteiger partial charge in [0, 0.05) is 76.0 Å². The molecule has 5 amide bonds. The van der Waals surface area contributed by atoms with Crippen LogP contribution in [0.5, 0.6) is 0 Å². The Hall–Kier alpha value is -5.35. The number of hydrogen-bond acceptors (Lipinski definition) is 22. The van der Waals surface area contributed by atoms with Gasteiger partial charge in [0.2, 0.25) is 35.0 Å². The minimum atomic E-state index is -2.31. The maximum atomic E-state index is 13.4. The van der Waals surface area contributed by atoms with Gasteiger partial charge in [-0.15, -0.1) is 11.8 Å². The Labute approximate surface area is 463 Å². The molecule has 23 nitrogen and oxygen atoms in total. The minimum absolute atomic E-state index is 0.0159. The quantitative estimate of drug-likeness (QED) is 0.0275. The summed E-state index contributed by atoms with van der Waals surface area (Å²) < 4.78 is 25.9. The number of thioether (sulfide) groups is 1. The number of likely N-dealkylation sites (tertiary alicyclic amines) is 1. The van der Waals surface area contributed by atoms with Gasteiger partial charge >= 0.3 is 0 Å². The molecule has 2 aliphatic heterocycles. The number of carbonyl (C=O) groups is 14. The standard InChI is InChI=1S/C52H68N4O19S3/c1-32(57)51(33(2)58,34(3)59)44(64)14-18-71-20-22-73-24-25-74-23-21-72-19-16-53-49(69)37(27-39(61)15-26-76-43-28-48(68)56(50(43)70)17-13-45(65)52(35(4)60)77-78-52)29-54-46(66)30-75-31-47(67)55-38-8-5-36(6-9-38)7-11-41(62)40-10-12-42(40)63/h5-6,8-9,37,40,43H,7,10-31H2,1-4H3,(H,53,69)(H,54,66)(H,55,67)/t37-,40?,43?/m1/s1. The highest BCUT2D eigenvalue weighted by molar-refractivity contribution is 8.94. The van der Waals surface area contributed by atoms with Gasteiger partial charge in [-0.2, -0.15) is 0 Å². The number of aryl methyl sites for hydroxylation is 1. The van der Waals surface area contributed by atoms with Crippen molar-refractivity contribution in [2.24, 2.45) is 17.3 Å². The highest BCUT2D eigenvalue weighted by Gasteiger charge is 2.57. The fourth-order valence-corrected chi connectivity index (χ4v) is 11.7. The molecule has 1 saturated carbocycles. The number of nitrogens with one attached hydrogen (secondary N) is 3. The summed E-state index contributed by atoms with van der Waals surface area (Å²) in [6, 6.07) is 6.81. The normalized spacial score (nSPS) is 16.9. The number of ketones is 9. The van der Waals surface area contributed by atoms with E-state index < -0.39 is 92.5 Å². The maximum Gasteiger partial charge on any atom is 0.250 e. The molecule has 2 heterocycles. The van der Waals surface area contributed by atoms with Crippen molar-refractivity contribution in [2.45, 2.75) is 94.8 Å². The van der Waals surface area contributed by atoms with E-state index in [0.29, 0.717) is 24.9 Å². The first-order chi connectivity index (χ1) is 37.1. The molecule has 1 aliphatic carbocycles. The summed E-state index contributed by atoms with van der Waals surface area (Å²) in [5, 5.41) is 7.13. The molecule has 0 aromatic heterocycles. The second-order valence-electron chi connectivity index (χ2n) is 18.5. The zero-order chi connectivity index (χ0) is 57.4. The molecule has 4 rings (SSSR count). The van der Waals surface area contributed by atoms with Crippen molar-refractivity contribution in [3.05, 3.63) is 29.8 Å². The Bertz CT molecular complexity index is 2380. The predicted molar refractivity (Wildman–Crippen MR) is 284 cm³/mol. The maximum absolute atomic E-state index is 13.4. The third kappa shape index (κ3) is 19.8. The van der Waals surface area contributed by atoms with Gasteiger partial charge in [-0.05, 0) is 58.2 Å². The van der Waals surface area contributed by atoms with E-state index in [1.54, 1.807) is 24.3 Å². The van der Waals surface area contributed by atoms with E-state index in [-0.39, 0.29) is 146 Å². The Balaban J connectivity index is 1.14. The Morgan fingerprint density at radius 1 is 0.718 bits per heavy atom. The number of imide groups is 1. The average molecular weight is 1150 g/mol. The first-order valence-corrected chi connectivity index (χ1v) is 28.7. The third-order valence-corrected chi connectivity index (χ3v) is 17.1. The zero-order valence-corrected chi connectivity index (χ0v) is 46.7. The van der Waals surface area contributed by atoms with Crippen molar-refractivity contribution in [3.63, 3.8) is 0 Å². The van der Waals surface area contributed by atoms with Gasteiger partial charge in [0.1, 0.15) is 30.6 Å². The van der Waals surface area contributed by atoms with Crippen molar-refractivity contribution >= 4 is 121 Å². The van der Waals surface area contributed by atoms with E-state index in [1.165, 1.54) is 6.92 Å². The molecule has 0 spiro atoms. The summed E-state index contributed by atoms with van der Waals surface area (Å²) in [6.07, 6.45) is 0.803. The largest absolute Gasteiger partial charge is 0.379 e. The summed E-state index contributed by atoms with van der Waals surface area (Å²) in [4.78, 5) is 176. The molecule has 3 aliphatic rings. The van der Waals surface area contributed by atoms with Crippen LogP contribution in [0.15, 0.2) is 24.3 Å². The topological polar surface area (TPSA) is 324 Å². The van der Waals surface area contributed by atoms with Crippen LogP contribution in [0.3, 0.4) is 0 Å². The lowest BCUT2D eigenvalue weighted by molar-refractivity contribution is -0.154. The first-order valence-electron chi connectivity index (χ1n) is 25.5. The van der Waals surface area contributed by atoms with Crippen LogP contribution < -0.4 is 16.0 Å². The van der Waals surface area contributed by atoms with Gasteiger partial charge in [-0.1, -0.05) is 33.7 Å². The molecule has 2 saturated heterocycles. The number of nitrogens with zero attached hydrogens (tertiary/aromatic N) is 1. The molecule has 1 aromatic rings. The lowest BCUT2D eigenvalue weighted by Gasteiger charge is -2.23. The number of amides is 5. The van der Waals surface area contributed by atoms with E-state index in [0.717, 1.165) is 64.6 Å². The molecule has 2 unspecified atom stereocenters. The van der Waals surface area contributed by atoms with Gasteiger partial charge in [0.05, 0.1) is 69.9 Å². The number of Topliss-reactive ketones (excluding diaryl/α,β-unsaturated/α-hetero) is 9. The lowest BCUT2D eigenvalue weighted by atomic mass is 9.72.